The van der Waals surface area contributed by atoms with Crippen molar-refractivity contribution in [3.63, 3.8) is 0 Å². The highest BCUT2D eigenvalue weighted by Crippen LogP contribution is 2.22. The molecule has 0 radical (unpaired) electrons. The Hall–Kier alpha value is -0.660. The second-order valence-electron chi connectivity index (χ2n) is 7.93. The third-order valence-corrected chi connectivity index (χ3v) is 5.57. The molecule has 2 heteroatoms. The third kappa shape index (κ3) is 10.2. The molecule has 0 N–H and O–H groups in total. The predicted octanol–water partition coefficient (Wildman–Crippen LogP) is 7.31. The maximum atomic E-state index is 2.63. The van der Waals surface area contributed by atoms with Crippen molar-refractivity contribution in [3.8, 4) is 0 Å². The van der Waals surface area contributed by atoms with E-state index in [1.807, 2.05) is 0 Å². The second-order valence-corrected chi connectivity index (χ2v) is 7.93. The van der Waals surface area contributed by atoms with Crippen LogP contribution < -0.4 is 0 Å². The zero-order valence-corrected chi connectivity index (χ0v) is 17.6. The Morgan fingerprint density at radius 3 is 1.40 bits per heavy atom. The van der Waals surface area contributed by atoms with Crippen molar-refractivity contribution in [1.82, 2.24) is 9.80 Å². The largest absolute Gasteiger partial charge is 0.356 e. The molecule has 1 heterocycles. The van der Waals surface area contributed by atoms with Gasteiger partial charge in [-0.1, -0.05) is 91.4 Å². The predicted molar refractivity (Wildman–Crippen MR) is 113 cm³/mol. The fourth-order valence-corrected chi connectivity index (χ4v) is 3.88. The highest BCUT2D eigenvalue weighted by Gasteiger charge is 2.24. The molecule has 0 spiro atoms. The van der Waals surface area contributed by atoms with Gasteiger partial charge in [0.25, 0.3) is 0 Å². The highest BCUT2D eigenvalue weighted by molar-refractivity contribution is 4.96. The molecule has 1 unspecified atom stereocenters. The normalized spacial score (nSPS) is 17.0. The Bertz CT molecular complexity index is 313. The smallest absolute Gasteiger partial charge is 0.101 e. The van der Waals surface area contributed by atoms with E-state index in [1.54, 1.807) is 0 Å². The lowest BCUT2D eigenvalue weighted by molar-refractivity contribution is 0.136. The first-order valence-electron chi connectivity index (χ1n) is 11.5. The maximum Gasteiger partial charge on any atom is 0.101 e. The van der Waals surface area contributed by atoms with Crippen LogP contribution in [0.15, 0.2) is 12.4 Å². The van der Waals surface area contributed by atoms with Gasteiger partial charge in [-0.05, 0) is 25.7 Å². The van der Waals surface area contributed by atoms with E-state index in [-0.39, 0.29) is 0 Å². The lowest BCUT2D eigenvalue weighted by atomic mass is 10.1. The van der Waals surface area contributed by atoms with Gasteiger partial charge in [-0.25, -0.2) is 0 Å². The molecule has 0 aliphatic carbocycles. The molecule has 2 nitrogen and oxygen atoms in total. The van der Waals surface area contributed by atoms with Gasteiger partial charge in [0.2, 0.25) is 0 Å². The standard InChI is InChI=1S/C23H46N2/c1-4-7-10-12-13-14-15-17-20-25-22-21-24(19-16-11-8-5-2)23(25)18-9-6-3/h21-23H,4-20H2,1-3H3. The van der Waals surface area contributed by atoms with Gasteiger partial charge in [0.05, 0.1) is 0 Å². The van der Waals surface area contributed by atoms with Crippen LogP contribution in [0.3, 0.4) is 0 Å². The summed E-state index contributed by atoms with van der Waals surface area (Å²) in [5.74, 6) is 0. The number of hydrogen-bond donors (Lipinski definition) is 0. The summed E-state index contributed by atoms with van der Waals surface area (Å²) in [6, 6.07) is 0. The second kappa shape index (κ2) is 15.6. The molecular weight excluding hydrogens is 304 g/mol. The lowest BCUT2D eigenvalue weighted by Crippen LogP contribution is -2.39. The Morgan fingerprint density at radius 2 is 0.920 bits per heavy atom. The zero-order chi connectivity index (χ0) is 18.2. The van der Waals surface area contributed by atoms with Crippen molar-refractivity contribution in [1.29, 1.82) is 0 Å². The Kier molecular flexibility index (Phi) is 14.0. The van der Waals surface area contributed by atoms with Crippen LogP contribution in [0.1, 0.15) is 117 Å². The zero-order valence-electron chi connectivity index (χ0n) is 17.6. The van der Waals surface area contributed by atoms with Crippen LogP contribution in [0, 0.1) is 0 Å². The summed E-state index contributed by atoms with van der Waals surface area (Å²) >= 11 is 0. The first kappa shape index (κ1) is 22.4. The van der Waals surface area contributed by atoms with Crippen LogP contribution >= 0.6 is 0 Å². The van der Waals surface area contributed by atoms with Gasteiger partial charge in [0, 0.05) is 25.5 Å². The molecular formula is C23H46N2. The maximum absolute atomic E-state index is 2.63. The van der Waals surface area contributed by atoms with E-state index in [2.05, 4.69) is 43.0 Å². The summed E-state index contributed by atoms with van der Waals surface area (Å²) < 4.78 is 0. The molecule has 0 aromatic carbocycles. The number of hydrogen-bond acceptors (Lipinski definition) is 2. The minimum Gasteiger partial charge on any atom is -0.356 e. The van der Waals surface area contributed by atoms with E-state index in [4.69, 9.17) is 0 Å². The summed E-state index contributed by atoms with van der Waals surface area (Å²) in [5.41, 5.74) is 0. The minimum atomic E-state index is 0.645. The third-order valence-electron chi connectivity index (χ3n) is 5.57. The molecule has 148 valence electrons. The number of rotatable bonds is 17. The topological polar surface area (TPSA) is 6.48 Å². The number of unbranched alkanes of at least 4 members (excludes halogenated alkanes) is 11. The van der Waals surface area contributed by atoms with Gasteiger partial charge in [-0.2, -0.15) is 0 Å². The molecule has 1 rings (SSSR count). The van der Waals surface area contributed by atoms with Gasteiger partial charge in [0.1, 0.15) is 6.17 Å². The van der Waals surface area contributed by atoms with E-state index in [0.717, 1.165) is 0 Å². The molecule has 0 amide bonds. The van der Waals surface area contributed by atoms with Crippen molar-refractivity contribution in [2.45, 2.75) is 123 Å². The van der Waals surface area contributed by atoms with Gasteiger partial charge in [0.15, 0.2) is 0 Å². The van der Waals surface area contributed by atoms with Crippen LogP contribution in [-0.2, 0) is 0 Å². The van der Waals surface area contributed by atoms with Crippen molar-refractivity contribution < 1.29 is 0 Å². The van der Waals surface area contributed by atoms with Crippen molar-refractivity contribution in [2.75, 3.05) is 13.1 Å². The Balaban J connectivity index is 2.21. The molecule has 1 aliphatic rings. The molecule has 25 heavy (non-hydrogen) atoms. The molecule has 0 saturated carbocycles. The fraction of sp³-hybridized carbons (Fsp3) is 0.913. The van der Waals surface area contributed by atoms with E-state index in [1.165, 1.54) is 109 Å². The van der Waals surface area contributed by atoms with Gasteiger partial charge in [-0.15, -0.1) is 0 Å². The van der Waals surface area contributed by atoms with Crippen LogP contribution in [0.5, 0.6) is 0 Å². The summed E-state index contributed by atoms with van der Waals surface area (Å²) in [7, 11) is 0. The summed E-state index contributed by atoms with van der Waals surface area (Å²) in [4.78, 5) is 5.25. The lowest BCUT2D eigenvalue weighted by Gasteiger charge is -2.33. The monoisotopic (exact) mass is 350 g/mol. The molecule has 0 aromatic rings. The quantitative estimate of drug-likeness (QED) is 0.254. The summed E-state index contributed by atoms with van der Waals surface area (Å²) in [5, 5.41) is 0. The Morgan fingerprint density at radius 1 is 0.520 bits per heavy atom. The van der Waals surface area contributed by atoms with Crippen LogP contribution in [-0.4, -0.2) is 29.1 Å². The molecule has 0 aromatic heterocycles. The van der Waals surface area contributed by atoms with Crippen molar-refractivity contribution in [2.24, 2.45) is 0 Å². The minimum absolute atomic E-state index is 0.645. The Labute approximate surface area is 159 Å². The van der Waals surface area contributed by atoms with E-state index in [0.29, 0.717) is 6.17 Å². The van der Waals surface area contributed by atoms with Gasteiger partial charge in [-0.3, -0.25) is 0 Å². The molecule has 0 bridgehead atoms. The summed E-state index contributed by atoms with van der Waals surface area (Å²) in [6.07, 6.45) is 26.2. The van der Waals surface area contributed by atoms with E-state index in [9.17, 15) is 0 Å². The van der Waals surface area contributed by atoms with E-state index < -0.39 is 0 Å². The average Bonchev–Trinajstić information content (AvgIpc) is 3.01. The molecule has 1 aliphatic heterocycles. The molecule has 1 atom stereocenters. The first-order valence-corrected chi connectivity index (χ1v) is 11.5. The van der Waals surface area contributed by atoms with Crippen LogP contribution in [0.25, 0.3) is 0 Å². The number of nitrogens with zero attached hydrogens (tertiary/aromatic N) is 2. The van der Waals surface area contributed by atoms with Crippen LogP contribution in [0.2, 0.25) is 0 Å². The first-order chi connectivity index (χ1) is 12.3. The average molecular weight is 351 g/mol. The SMILES string of the molecule is CCCCCCCCCCN1C=CN(CCCCCC)C1CCCC. The van der Waals surface area contributed by atoms with Crippen molar-refractivity contribution >= 4 is 0 Å². The van der Waals surface area contributed by atoms with E-state index >= 15 is 0 Å². The van der Waals surface area contributed by atoms with Crippen molar-refractivity contribution in [3.05, 3.63) is 12.4 Å². The van der Waals surface area contributed by atoms with Gasteiger partial charge >= 0.3 is 0 Å². The molecule has 0 saturated heterocycles. The van der Waals surface area contributed by atoms with Crippen LogP contribution in [0.4, 0.5) is 0 Å². The molecule has 0 fully saturated rings. The van der Waals surface area contributed by atoms with Gasteiger partial charge < -0.3 is 9.80 Å². The fourth-order valence-electron chi connectivity index (χ4n) is 3.88. The highest BCUT2D eigenvalue weighted by atomic mass is 15.4. The summed E-state index contributed by atoms with van der Waals surface area (Å²) in [6.45, 7) is 9.41.